The molecule has 2 aliphatic rings. The van der Waals surface area contributed by atoms with Gasteiger partial charge in [0, 0.05) is 32.7 Å². The monoisotopic (exact) mass is 560 g/mol. The molecule has 5 heteroatoms. The molecule has 0 aromatic heterocycles. The number of hydrogen-bond donors (Lipinski definition) is 1. The third kappa shape index (κ3) is 12.2. The molecule has 2 aromatic rings. The summed E-state index contributed by atoms with van der Waals surface area (Å²) in [6.07, 6.45) is 12.3. The maximum absolute atomic E-state index is 13.1. The molecule has 2 aliphatic heterocycles. The van der Waals surface area contributed by atoms with Crippen LogP contribution in [0.25, 0.3) is 0 Å². The Morgan fingerprint density at radius 2 is 1.44 bits per heavy atom. The highest BCUT2D eigenvalue weighted by molar-refractivity contribution is 5.75. The third-order valence-corrected chi connectivity index (χ3v) is 8.01. The van der Waals surface area contributed by atoms with Crippen LogP contribution in [0.1, 0.15) is 77.0 Å². The molecule has 0 spiro atoms. The molecule has 1 N–H and O–H groups in total. The van der Waals surface area contributed by atoms with Crippen molar-refractivity contribution in [1.82, 2.24) is 20.0 Å². The van der Waals surface area contributed by atoms with Gasteiger partial charge < -0.3 is 15.1 Å². The molecule has 4 rings (SSSR count). The lowest BCUT2D eigenvalue weighted by Gasteiger charge is -2.43. The largest absolute Gasteiger partial charge is 0.327 e. The number of likely N-dealkylation sites (tertiary alicyclic amines) is 1. The summed E-state index contributed by atoms with van der Waals surface area (Å²) >= 11 is 0. The Labute approximate surface area is 251 Å². The lowest BCUT2D eigenvalue weighted by atomic mass is 9.80. The second kappa shape index (κ2) is 19.3. The highest BCUT2D eigenvalue weighted by Gasteiger charge is 2.32. The number of piperidine rings is 1. The Bertz CT molecular complexity index is 951. The van der Waals surface area contributed by atoms with Crippen molar-refractivity contribution < 1.29 is 4.79 Å². The SMILES string of the molecule is C=CCCC/C=C\C.CC.CN1CCC(C)(CN2CCN(C(=O)NC(c3ccccc3)c3ccccc3)CC2)CC1. The van der Waals surface area contributed by atoms with E-state index in [1.165, 1.54) is 38.8 Å². The number of hydrogen-bond acceptors (Lipinski definition) is 3. The zero-order chi connectivity index (χ0) is 29.9. The zero-order valence-corrected chi connectivity index (χ0v) is 26.5. The predicted molar refractivity (Wildman–Crippen MR) is 176 cm³/mol. The fraction of sp³-hybridized carbons (Fsp3) is 0.528. The van der Waals surface area contributed by atoms with Crippen LogP contribution in [0.4, 0.5) is 4.79 Å². The smallest absolute Gasteiger partial charge is 0.318 e. The van der Waals surface area contributed by atoms with Crippen molar-refractivity contribution in [2.75, 3.05) is 52.9 Å². The first-order valence-electron chi connectivity index (χ1n) is 15.7. The molecular formula is C36H56N4O. The van der Waals surface area contributed by atoms with Crippen LogP contribution in [0.15, 0.2) is 85.5 Å². The molecule has 0 atom stereocenters. The number of nitrogens with one attached hydrogen (secondary N) is 1. The number of unbranched alkanes of at least 4 members (excludes halogenated alkanes) is 2. The highest BCUT2D eigenvalue weighted by Crippen LogP contribution is 2.31. The summed E-state index contributed by atoms with van der Waals surface area (Å²) in [5.74, 6) is 0. The van der Waals surface area contributed by atoms with Crippen molar-refractivity contribution >= 4 is 6.03 Å². The molecule has 0 unspecified atom stereocenters. The van der Waals surface area contributed by atoms with Gasteiger partial charge in [0.1, 0.15) is 0 Å². The molecule has 5 nitrogen and oxygen atoms in total. The summed E-state index contributed by atoms with van der Waals surface area (Å²) in [4.78, 5) is 20.1. The number of carbonyl (C=O) groups excluding carboxylic acids is 1. The van der Waals surface area contributed by atoms with E-state index in [9.17, 15) is 4.79 Å². The first-order chi connectivity index (χ1) is 19.9. The number of piperazine rings is 1. The van der Waals surface area contributed by atoms with Crippen LogP contribution in [-0.2, 0) is 0 Å². The minimum atomic E-state index is -0.133. The van der Waals surface area contributed by atoms with Crippen LogP contribution in [0.2, 0.25) is 0 Å². The van der Waals surface area contributed by atoms with Gasteiger partial charge in [0.15, 0.2) is 0 Å². The fourth-order valence-corrected chi connectivity index (χ4v) is 5.38. The van der Waals surface area contributed by atoms with Crippen LogP contribution >= 0.6 is 0 Å². The summed E-state index contributed by atoms with van der Waals surface area (Å²) in [6.45, 7) is 19.1. The van der Waals surface area contributed by atoms with Gasteiger partial charge in [0.05, 0.1) is 6.04 Å². The maximum atomic E-state index is 13.1. The van der Waals surface area contributed by atoms with Crippen molar-refractivity contribution in [3.8, 4) is 0 Å². The summed E-state index contributed by atoms with van der Waals surface area (Å²) < 4.78 is 0. The number of allylic oxidation sites excluding steroid dienone is 3. The van der Waals surface area contributed by atoms with Gasteiger partial charge in [-0.1, -0.05) is 99.7 Å². The Morgan fingerprint density at radius 3 is 1.93 bits per heavy atom. The molecule has 2 amide bonds. The van der Waals surface area contributed by atoms with E-state index in [-0.39, 0.29) is 12.1 Å². The van der Waals surface area contributed by atoms with E-state index >= 15 is 0 Å². The Kier molecular flexibility index (Phi) is 16.1. The number of rotatable bonds is 9. The van der Waals surface area contributed by atoms with Gasteiger partial charge in [-0.15, -0.1) is 6.58 Å². The van der Waals surface area contributed by atoms with Gasteiger partial charge in [-0.05, 0) is 75.7 Å². The molecule has 0 aliphatic carbocycles. The van der Waals surface area contributed by atoms with E-state index in [0.717, 1.165) is 50.3 Å². The molecule has 0 bridgehead atoms. The minimum Gasteiger partial charge on any atom is -0.327 e. The summed E-state index contributed by atoms with van der Waals surface area (Å²) in [6, 6.07) is 20.4. The Hall–Kier alpha value is -2.89. The van der Waals surface area contributed by atoms with Gasteiger partial charge in [0.25, 0.3) is 0 Å². The lowest BCUT2D eigenvalue weighted by molar-refractivity contribution is 0.0624. The molecule has 0 saturated carbocycles. The van der Waals surface area contributed by atoms with Gasteiger partial charge in [-0.2, -0.15) is 0 Å². The van der Waals surface area contributed by atoms with Gasteiger partial charge >= 0.3 is 6.03 Å². The number of urea groups is 1. The number of amides is 2. The van der Waals surface area contributed by atoms with E-state index in [2.05, 4.69) is 72.1 Å². The maximum Gasteiger partial charge on any atom is 0.318 e. The van der Waals surface area contributed by atoms with E-state index in [1.54, 1.807) is 0 Å². The van der Waals surface area contributed by atoms with Crippen molar-refractivity contribution in [3.63, 3.8) is 0 Å². The summed E-state index contributed by atoms with van der Waals surface area (Å²) in [5, 5.41) is 3.29. The van der Waals surface area contributed by atoms with Gasteiger partial charge in [0.2, 0.25) is 0 Å². The molecule has 41 heavy (non-hydrogen) atoms. The van der Waals surface area contributed by atoms with Crippen molar-refractivity contribution in [3.05, 3.63) is 96.6 Å². The predicted octanol–water partition coefficient (Wildman–Crippen LogP) is 7.78. The van der Waals surface area contributed by atoms with Gasteiger partial charge in [-0.3, -0.25) is 4.90 Å². The number of carbonyl (C=O) groups is 1. The van der Waals surface area contributed by atoms with Crippen LogP contribution in [-0.4, -0.2) is 73.6 Å². The van der Waals surface area contributed by atoms with E-state index in [1.807, 2.05) is 68.1 Å². The molecule has 226 valence electrons. The summed E-state index contributed by atoms with van der Waals surface area (Å²) in [5.41, 5.74) is 2.62. The molecular weight excluding hydrogens is 504 g/mol. The second-order valence-corrected chi connectivity index (χ2v) is 11.4. The quantitative estimate of drug-likeness (QED) is 0.251. The van der Waals surface area contributed by atoms with E-state index in [4.69, 9.17) is 0 Å². The number of nitrogens with zero attached hydrogens (tertiary/aromatic N) is 3. The Morgan fingerprint density at radius 1 is 0.902 bits per heavy atom. The van der Waals surface area contributed by atoms with Crippen molar-refractivity contribution in [2.24, 2.45) is 5.41 Å². The van der Waals surface area contributed by atoms with Crippen LogP contribution < -0.4 is 5.32 Å². The van der Waals surface area contributed by atoms with Gasteiger partial charge in [-0.25, -0.2) is 4.79 Å². The standard InChI is InChI=1S/C26H36N4O.C8H14.C2H6/c1-26(13-15-28(2)16-14-26)21-29-17-19-30(20-18-29)25(31)27-24(22-9-5-3-6-10-22)23-11-7-4-8-12-23;1-3-5-7-8-6-4-2;1-2/h3-12,24H,13-21H2,1-2H3,(H,27,31);3-4,6H,1,5,7-8H2,2H3;1-2H3/b;6-4-;. The minimum absolute atomic E-state index is 0.0304. The van der Waals surface area contributed by atoms with Crippen molar-refractivity contribution in [2.45, 2.75) is 65.8 Å². The normalized spacial score (nSPS) is 17.3. The van der Waals surface area contributed by atoms with Crippen LogP contribution in [0.3, 0.4) is 0 Å². The average molecular weight is 561 g/mol. The average Bonchev–Trinajstić information content (AvgIpc) is 3.02. The molecule has 0 radical (unpaired) electrons. The molecule has 2 aromatic carbocycles. The highest BCUT2D eigenvalue weighted by atomic mass is 16.2. The molecule has 2 heterocycles. The first-order valence-corrected chi connectivity index (χ1v) is 15.7. The lowest BCUT2D eigenvalue weighted by Crippen LogP contribution is -2.54. The Balaban J connectivity index is 0.000000509. The fourth-order valence-electron chi connectivity index (χ4n) is 5.38. The van der Waals surface area contributed by atoms with Crippen molar-refractivity contribution in [1.29, 1.82) is 0 Å². The van der Waals surface area contributed by atoms with E-state index in [0.29, 0.717) is 5.41 Å². The molecule has 2 saturated heterocycles. The van der Waals surface area contributed by atoms with Crippen LogP contribution in [0.5, 0.6) is 0 Å². The molecule has 2 fully saturated rings. The van der Waals surface area contributed by atoms with Crippen LogP contribution in [0, 0.1) is 5.41 Å². The first kappa shape index (κ1) is 34.3. The second-order valence-electron chi connectivity index (χ2n) is 11.4. The topological polar surface area (TPSA) is 38.8 Å². The number of benzene rings is 2. The zero-order valence-electron chi connectivity index (χ0n) is 26.5. The van der Waals surface area contributed by atoms with E-state index < -0.39 is 0 Å². The summed E-state index contributed by atoms with van der Waals surface area (Å²) in [7, 11) is 2.22. The third-order valence-electron chi connectivity index (χ3n) is 8.01.